The largest absolute Gasteiger partial charge is 0.255 e. The van der Waals surface area contributed by atoms with Gasteiger partial charge in [-0.05, 0) is 12.1 Å². The number of halogens is 1. The zero-order valence-electron chi connectivity index (χ0n) is 9.99. The predicted molar refractivity (Wildman–Crippen MR) is 75.7 cm³/mol. The van der Waals surface area contributed by atoms with Gasteiger partial charge in [0.15, 0.2) is 5.82 Å². The fourth-order valence-corrected chi connectivity index (χ4v) is 1.96. The number of benzene rings is 1. The summed E-state index contributed by atoms with van der Waals surface area (Å²) in [5, 5.41) is 0.412. The van der Waals surface area contributed by atoms with Crippen molar-refractivity contribution >= 4 is 11.6 Å². The summed E-state index contributed by atoms with van der Waals surface area (Å²) in [5.41, 5.74) is 2.44. The number of aromatic nitrogens is 3. The quantitative estimate of drug-likeness (QED) is 0.662. The molecule has 0 radical (unpaired) electrons. The Morgan fingerprint density at radius 3 is 2.32 bits per heavy atom. The second-order valence-corrected chi connectivity index (χ2v) is 4.37. The van der Waals surface area contributed by atoms with E-state index >= 15 is 0 Å². The number of rotatable bonds is 2. The molecule has 0 aliphatic carbocycles. The van der Waals surface area contributed by atoms with Crippen LogP contribution < -0.4 is 0 Å². The molecular weight excluding hydrogens is 258 g/mol. The van der Waals surface area contributed by atoms with E-state index in [1.54, 1.807) is 12.3 Å². The van der Waals surface area contributed by atoms with Crippen molar-refractivity contribution in [3.05, 3.63) is 65.9 Å². The van der Waals surface area contributed by atoms with Crippen LogP contribution in [0.2, 0.25) is 5.15 Å². The summed E-state index contributed by atoms with van der Waals surface area (Å²) in [7, 11) is 0. The maximum Gasteiger partial charge on any atom is 0.161 e. The molecule has 0 aliphatic rings. The molecule has 3 aromatic rings. The molecule has 1 aromatic carbocycles. The van der Waals surface area contributed by atoms with Gasteiger partial charge in [-0.15, -0.1) is 0 Å². The first kappa shape index (κ1) is 11.8. The van der Waals surface area contributed by atoms with Gasteiger partial charge >= 0.3 is 0 Å². The lowest BCUT2D eigenvalue weighted by Gasteiger charge is -2.04. The molecule has 0 atom stereocenters. The van der Waals surface area contributed by atoms with Crippen LogP contribution in [0.4, 0.5) is 0 Å². The van der Waals surface area contributed by atoms with Gasteiger partial charge < -0.3 is 0 Å². The molecule has 92 valence electrons. The number of pyridine rings is 1. The van der Waals surface area contributed by atoms with E-state index in [0.717, 1.165) is 17.0 Å². The van der Waals surface area contributed by atoms with Crippen LogP contribution in [0.1, 0.15) is 0 Å². The Morgan fingerprint density at radius 1 is 0.789 bits per heavy atom. The molecule has 19 heavy (non-hydrogen) atoms. The molecule has 0 unspecified atom stereocenters. The summed E-state index contributed by atoms with van der Waals surface area (Å²) in [5.74, 6) is 0.605. The first-order valence-electron chi connectivity index (χ1n) is 5.84. The van der Waals surface area contributed by atoms with E-state index in [2.05, 4.69) is 15.0 Å². The van der Waals surface area contributed by atoms with E-state index in [1.807, 2.05) is 48.5 Å². The van der Waals surface area contributed by atoms with Gasteiger partial charge in [0.1, 0.15) is 5.15 Å². The summed E-state index contributed by atoms with van der Waals surface area (Å²) >= 11 is 6.07. The summed E-state index contributed by atoms with van der Waals surface area (Å²) in [4.78, 5) is 13.0. The SMILES string of the molecule is Clc1cc(-c2ccccn2)nc(-c2ccccc2)n1. The minimum atomic E-state index is 0.412. The highest BCUT2D eigenvalue weighted by molar-refractivity contribution is 6.29. The molecular formula is C15H10ClN3. The van der Waals surface area contributed by atoms with Crippen molar-refractivity contribution in [3.63, 3.8) is 0 Å². The Labute approximate surface area is 116 Å². The lowest BCUT2D eigenvalue weighted by atomic mass is 10.2. The molecule has 0 spiro atoms. The van der Waals surface area contributed by atoms with E-state index in [1.165, 1.54) is 0 Å². The Hall–Kier alpha value is -2.26. The van der Waals surface area contributed by atoms with Gasteiger partial charge in [0.2, 0.25) is 0 Å². The maximum absolute atomic E-state index is 6.07. The van der Waals surface area contributed by atoms with E-state index in [4.69, 9.17) is 11.6 Å². The zero-order valence-corrected chi connectivity index (χ0v) is 10.7. The zero-order chi connectivity index (χ0) is 13.1. The van der Waals surface area contributed by atoms with Crippen molar-refractivity contribution < 1.29 is 0 Å². The molecule has 0 N–H and O–H groups in total. The van der Waals surface area contributed by atoms with Crippen molar-refractivity contribution in [2.75, 3.05) is 0 Å². The highest BCUT2D eigenvalue weighted by Crippen LogP contribution is 2.22. The van der Waals surface area contributed by atoms with E-state index in [9.17, 15) is 0 Å². The van der Waals surface area contributed by atoms with E-state index in [-0.39, 0.29) is 0 Å². The van der Waals surface area contributed by atoms with Crippen molar-refractivity contribution in [3.8, 4) is 22.8 Å². The standard InChI is InChI=1S/C15H10ClN3/c16-14-10-13(12-8-4-5-9-17-12)18-15(19-14)11-6-2-1-3-7-11/h1-10H. The van der Waals surface area contributed by atoms with Crippen molar-refractivity contribution in [2.24, 2.45) is 0 Å². The smallest absolute Gasteiger partial charge is 0.161 e. The minimum Gasteiger partial charge on any atom is -0.255 e. The third kappa shape index (κ3) is 2.61. The number of nitrogens with zero attached hydrogens (tertiary/aromatic N) is 3. The molecule has 0 saturated carbocycles. The van der Waals surface area contributed by atoms with Crippen LogP contribution >= 0.6 is 11.6 Å². The summed E-state index contributed by atoms with van der Waals surface area (Å²) in [6.07, 6.45) is 1.73. The van der Waals surface area contributed by atoms with Crippen LogP contribution in [0, 0.1) is 0 Å². The summed E-state index contributed by atoms with van der Waals surface area (Å²) in [6, 6.07) is 17.1. The number of hydrogen-bond donors (Lipinski definition) is 0. The molecule has 0 bridgehead atoms. The first-order chi connectivity index (χ1) is 9.33. The van der Waals surface area contributed by atoms with Gasteiger partial charge in [-0.1, -0.05) is 48.0 Å². The normalized spacial score (nSPS) is 10.4. The second kappa shape index (κ2) is 5.16. The topological polar surface area (TPSA) is 38.7 Å². The van der Waals surface area contributed by atoms with Crippen LogP contribution in [0.25, 0.3) is 22.8 Å². The van der Waals surface area contributed by atoms with Gasteiger partial charge in [0.05, 0.1) is 11.4 Å². The predicted octanol–water partition coefficient (Wildman–Crippen LogP) is 3.86. The Balaban J connectivity index is 2.12. The molecule has 0 amide bonds. The van der Waals surface area contributed by atoms with Crippen LogP contribution in [0.15, 0.2) is 60.8 Å². The summed E-state index contributed by atoms with van der Waals surface area (Å²) < 4.78 is 0. The van der Waals surface area contributed by atoms with Crippen molar-refractivity contribution in [1.82, 2.24) is 15.0 Å². The maximum atomic E-state index is 6.07. The van der Waals surface area contributed by atoms with Crippen molar-refractivity contribution in [2.45, 2.75) is 0 Å². The third-order valence-electron chi connectivity index (χ3n) is 2.65. The number of hydrogen-bond acceptors (Lipinski definition) is 3. The van der Waals surface area contributed by atoms with Gasteiger partial charge in [-0.2, -0.15) is 0 Å². The van der Waals surface area contributed by atoms with Crippen molar-refractivity contribution in [1.29, 1.82) is 0 Å². The average molecular weight is 268 g/mol. The molecule has 2 heterocycles. The molecule has 0 fully saturated rings. The van der Waals surface area contributed by atoms with E-state index in [0.29, 0.717) is 11.0 Å². The lowest BCUT2D eigenvalue weighted by molar-refractivity contribution is 1.16. The molecule has 4 heteroatoms. The molecule has 0 saturated heterocycles. The lowest BCUT2D eigenvalue weighted by Crippen LogP contribution is -1.94. The molecule has 3 rings (SSSR count). The Kier molecular flexibility index (Phi) is 3.21. The highest BCUT2D eigenvalue weighted by atomic mass is 35.5. The summed E-state index contributed by atoms with van der Waals surface area (Å²) in [6.45, 7) is 0. The average Bonchev–Trinajstić information content (AvgIpc) is 2.48. The first-order valence-corrected chi connectivity index (χ1v) is 6.22. The van der Waals surface area contributed by atoms with Crippen LogP contribution in [-0.2, 0) is 0 Å². The Bertz CT molecular complexity index is 627. The van der Waals surface area contributed by atoms with Gasteiger partial charge in [0, 0.05) is 17.8 Å². The second-order valence-electron chi connectivity index (χ2n) is 3.98. The highest BCUT2D eigenvalue weighted by Gasteiger charge is 2.07. The minimum absolute atomic E-state index is 0.412. The van der Waals surface area contributed by atoms with Crippen LogP contribution in [0.5, 0.6) is 0 Å². The van der Waals surface area contributed by atoms with Gasteiger partial charge in [0.25, 0.3) is 0 Å². The van der Waals surface area contributed by atoms with Crippen LogP contribution in [-0.4, -0.2) is 15.0 Å². The fourth-order valence-electron chi connectivity index (χ4n) is 1.78. The van der Waals surface area contributed by atoms with E-state index < -0.39 is 0 Å². The molecule has 2 aromatic heterocycles. The van der Waals surface area contributed by atoms with Gasteiger partial charge in [-0.25, -0.2) is 9.97 Å². The fraction of sp³-hybridized carbons (Fsp3) is 0. The molecule has 3 nitrogen and oxygen atoms in total. The Morgan fingerprint density at radius 2 is 1.58 bits per heavy atom. The van der Waals surface area contributed by atoms with Gasteiger partial charge in [-0.3, -0.25) is 4.98 Å². The molecule has 0 aliphatic heterocycles. The monoisotopic (exact) mass is 267 g/mol. The third-order valence-corrected chi connectivity index (χ3v) is 2.85. The van der Waals surface area contributed by atoms with Crippen LogP contribution in [0.3, 0.4) is 0 Å².